The van der Waals surface area contributed by atoms with Gasteiger partial charge in [-0.15, -0.1) is 0 Å². The van der Waals surface area contributed by atoms with E-state index in [1.54, 1.807) is 6.08 Å². The van der Waals surface area contributed by atoms with E-state index >= 15 is 0 Å². The molecule has 0 aromatic heterocycles. The Morgan fingerprint density at radius 3 is 2.60 bits per heavy atom. The van der Waals surface area contributed by atoms with Crippen LogP contribution in [0.2, 0.25) is 0 Å². The molecule has 144 valence electrons. The van der Waals surface area contributed by atoms with Crippen LogP contribution in [0.4, 0.5) is 0 Å². The van der Waals surface area contributed by atoms with E-state index < -0.39 is 18.2 Å². The molecule has 0 aliphatic heterocycles. The van der Waals surface area contributed by atoms with Crippen molar-refractivity contribution in [2.24, 2.45) is 11.8 Å². The summed E-state index contributed by atoms with van der Waals surface area (Å²) in [6.45, 7) is 2.12. The van der Waals surface area contributed by atoms with Crippen LogP contribution in [0.1, 0.15) is 77.6 Å². The van der Waals surface area contributed by atoms with Crippen molar-refractivity contribution < 1.29 is 24.9 Å². The van der Waals surface area contributed by atoms with E-state index in [0.717, 1.165) is 51.4 Å². The lowest BCUT2D eigenvalue weighted by atomic mass is 9.88. The van der Waals surface area contributed by atoms with Crippen LogP contribution in [0.15, 0.2) is 12.2 Å². The predicted molar refractivity (Wildman–Crippen MR) is 97.2 cm³/mol. The molecule has 1 aliphatic rings. The van der Waals surface area contributed by atoms with Crippen LogP contribution in [0.25, 0.3) is 0 Å². The van der Waals surface area contributed by atoms with Gasteiger partial charge in [-0.25, -0.2) is 0 Å². The van der Waals surface area contributed by atoms with E-state index in [-0.39, 0.29) is 30.5 Å². The molecule has 3 N–H and O–H groups in total. The Labute approximate surface area is 151 Å². The molecule has 0 saturated heterocycles. The van der Waals surface area contributed by atoms with Crippen LogP contribution in [-0.4, -0.2) is 39.3 Å². The Morgan fingerprint density at radius 2 is 1.92 bits per heavy atom. The summed E-state index contributed by atoms with van der Waals surface area (Å²) in [5, 5.41) is 28.7. The fourth-order valence-corrected chi connectivity index (χ4v) is 3.54. The zero-order valence-electron chi connectivity index (χ0n) is 15.4. The second-order valence-electron chi connectivity index (χ2n) is 7.22. The third-order valence-corrected chi connectivity index (χ3v) is 5.05. The number of carbonyl (C=O) groups excluding carboxylic acids is 1. The first kappa shape index (κ1) is 21.8. The minimum absolute atomic E-state index is 0.105. The summed E-state index contributed by atoms with van der Waals surface area (Å²) in [7, 11) is 0. The molecule has 0 aromatic rings. The highest BCUT2D eigenvalue weighted by Gasteiger charge is 2.39. The van der Waals surface area contributed by atoms with Gasteiger partial charge < -0.3 is 15.3 Å². The topological polar surface area (TPSA) is 94.8 Å². The number of hydrogen-bond acceptors (Lipinski definition) is 4. The highest BCUT2D eigenvalue weighted by Crippen LogP contribution is 2.34. The molecule has 0 spiro atoms. The number of unbranched alkanes of at least 4 members (excludes halogenated alkanes) is 5. The minimum Gasteiger partial charge on any atom is -0.481 e. The van der Waals surface area contributed by atoms with Crippen LogP contribution in [-0.2, 0) is 9.59 Å². The van der Waals surface area contributed by atoms with Crippen molar-refractivity contribution in [3.05, 3.63) is 12.2 Å². The maximum atomic E-state index is 12.1. The molecule has 5 nitrogen and oxygen atoms in total. The fraction of sp³-hybridized carbons (Fsp3) is 0.800. The van der Waals surface area contributed by atoms with Gasteiger partial charge >= 0.3 is 5.97 Å². The monoisotopic (exact) mass is 354 g/mol. The van der Waals surface area contributed by atoms with E-state index in [1.165, 1.54) is 0 Å². The summed E-state index contributed by atoms with van der Waals surface area (Å²) in [6, 6.07) is 0. The second kappa shape index (κ2) is 12.2. The van der Waals surface area contributed by atoms with Gasteiger partial charge in [-0.05, 0) is 19.3 Å². The highest BCUT2D eigenvalue weighted by molar-refractivity contribution is 5.84. The number of Topliss-reactive ketones (excluding diaryl/α,β-unsaturated/α-hetero) is 1. The van der Waals surface area contributed by atoms with Crippen LogP contribution >= 0.6 is 0 Å². The average molecular weight is 354 g/mol. The molecule has 1 saturated carbocycles. The molecule has 1 unspecified atom stereocenters. The zero-order valence-corrected chi connectivity index (χ0v) is 15.4. The lowest BCUT2D eigenvalue weighted by Gasteiger charge is -2.18. The molecule has 25 heavy (non-hydrogen) atoms. The largest absolute Gasteiger partial charge is 0.481 e. The Morgan fingerprint density at radius 1 is 1.20 bits per heavy atom. The first-order valence-electron chi connectivity index (χ1n) is 9.74. The summed E-state index contributed by atoms with van der Waals surface area (Å²) in [4.78, 5) is 22.6. The number of carbonyl (C=O) groups is 2. The number of aliphatic hydroxyl groups excluding tert-OH is 2. The lowest BCUT2D eigenvalue weighted by molar-refractivity contribution is -0.137. The zero-order chi connectivity index (χ0) is 18.7. The van der Waals surface area contributed by atoms with Crippen LogP contribution in [0, 0.1) is 11.8 Å². The standard InChI is InChI=1S/C20H34O5/c1-2-3-6-9-15(21)12-13-17-16(18(22)14-19(17)23)10-7-4-5-8-11-20(24)25/h12-13,15-17,19,21,23H,2-11,14H2,1H3,(H,24,25)/t15-,16+,17?,19+/m0/s1. The molecular weight excluding hydrogens is 320 g/mol. The maximum absolute atomic E-state index is 12.1. The summed E-state index contributed by atoms with van der Waals surface area (Å²) in [5.74, 6) is -1.04. The molecule has 1 fully saturated rings. The number of hydrogen-bond donors (Lipinski definition) is 3. The number of aliphatic carboxylic acids is 1. The first-order valence-corrected chi connectivity index (χ1v) is 9.74. The Hall–Kier alpha value is -1.20. The summed E-state index contributed by atoms with van der Waals surface area (Å²) < 4.78 is 0. The van der Waals surface area contributed by atoms with Gasteiger partial charge in [0.15, 0.2) is 0 Å². The number of ketones is 1. The average Bonchev–Trinajstić information content (AvgIpc) is 2.82. The SMILES string of the molecule is CCCCC[C@H](O)C=CC1[C@H](O)CC(=O)[C@@H]1CCCCCCC(=O)O. The summed E-state index contributed by atoms with van der Waals surface area (Å²) >= 11 is 0. The van der Waals surface area contributed by atoms with Gasteiger partial charge in [0.05, 0.1) is 12.2 Å². The van der Waals surface area contributed by atoms with E-state index in [1.807, 2.05) is 6.08 Å². The molecule has 1 aliphatic carbocycles. The van der Waals surface area contributed by atoms with E-state index in [2.05, 4.69) is 6.92 Å². The van der Waals surface area contributed by atoms with Gasteiger partial charge in [0, 0.05) is 24.7 Å². The molecule has 0 heterocycles. The molecule has 5 heteroatoms. The minimum atomic E-state index is -0.767. The van der Waals surface area contributed by atoms with Crippen molar-refractivity contribution in [3.8, 4) is 0 Å². The molecule has 0 amide bonds. The van der Waals surface area contributed by atoms with Gasteiger partial charge in [0.2, 0.25) is 0 Å². The quantitative estimate of drug-likeness (QED) is 0.348. The molecule has 1 rings (SSSR count). The third-order valence-electron chi connectivity index (χ3n) is 5.05. The van der Waals surface area contributed by atoms with Crippen molar-refractivity contribution in [1.29, 1.82) is 0 Å². The van der Waals surface area contributed by atoms with Crippen LogP contribution < -0.4 is 0 Å². The van der Waals surface area contributed by atoms with Gasteiger partial charge in [0.1, 0.15) is 5.78 Å². The third kappa shape index (κ3) is 8.63. The number of carboxylic acids is 1. The van der Waals surface area contributed by atoms with Crippen molar-refractivity contribution >= 4 is 11.8 Å². The van der Waals surface area contributed by atoms with Crippen molar-refractivity contribution in [1.82, 2.24) is 0 Å². The maximum Gasteiger partial charge on any atom is 0.303 e. The Kier molecular flexibility index (Phi) is 10.7. The van der Waals surface area contributed by atoms with E-state index in [9.17, 15) is 19.8 Å². The molecule has 4 atom stereocenters. The number of carboxylic acid groups (broad SMARTS) is 1. The Balaban J connectivity index is 2.39. The van der Waals surface area contributed by atoms with Gasteiger partial charge in [-0.2, -0.15) is 0 Å². The van der Waals surface area contributed by atoms with E-state index in [4.69, 9.17) is 5.11 Å². The van der Waals surface area contributed by atoms with Crippen LogP contribution in [0.3, 0.4) is 0 Å². The number of rotatable bonds is 13. The van der Waals surface area contributed by atoms with Crippen molar-refractivity contribution in [2.45, 2.75) is 89.8 Å². The summed E-state index contributed by atoms with van der Waals surface area (Å²) in [6.07, 6.45) is 10.7. The van der Waals surface area contributed by atoms with E-state index in [0.29, 0.717) is 6.42 Å². The van der Waals surface area contributed by atoms with Crippen molar-refractivity contribution in [3.63, 3.8) is 0 Å². The van der Waals surface area contributed by atoms with Gasteiger partial charge in [-0.3, -0.25) is 9.59 Å². The fourth-order valence-electron chi connectivity index (χ4n) is 3.54. The summed E-state index contributed by atoms with van der Waals surface area (Å²) in [5.41, 5.74) is 0. The molecule has 0 bridgehead atoms. The highest BCUT2D eigenvalue weighted by atomic mass is 16.4. The molecule has 0 radical (unpaired) electrons. The first-order chi connectivity index (χ1) is 12.0. The lowest BCUT2D eigenvalue weighted by Crippen LogP contribution is -2.19. The molecular formula is C20H34O5. The molecule has 0 aromatic carbocycles. The van der Waals surface area contributed by atoms with Crippen molar-refractivity contribution in [2.75, 3.05) is 0 Å². The second-order valence-corrected chi connectivity index (χ2v) is 7.22. The Bertz CT molecular complexity index is 432. The smallest absolute Gasteiger partial charge is 0.303 e. The normalized spacial score (nSPS) is 24.9. The van der Waals surface area contributed by atoms with Crippen LogP contribution in [0.5, 0.6) is 0 Å². The number of aliphatic hydroxyl groups is 2. The van der Waals surface area contributed by atoms with Gasteiger partial charge in [-0.1, -0.05) is 57.6 Å². The predicted octanol–water partition coefficient (Wildman–Crippen LogP) is 3.48. The van der Waals surface area contributed by atoms with Gasteiger partial charge in [0.25, 0.3) is 0 Å².